The van der Waals surface area contributed by atoms with Crippen molar-refractivity contribution in [2.75, 3.05) is 46.0 Å². The van der Waals surface area contributed by atoms with Gasteiger partial charge in [0.2, 0.25) is 11.8 Å². The average Bonchev–Trinajstić information content (AvgIpc) is 2.97. The largest absolute Gasteiger partial charge is 0.381 e. The summed E-state index contributed by atoms with van der Waals surface area (Å²) < 4.78 is 37.3. The Labute approximate surface area is 153 Å². The number of alkyl halides is 2. The van der Waals surface area contributed by atoms with Crippen LogP contribution in [-0.2, 0) is 14.3 Å². The second-order valence-electron chi connectivity index (χ2n) is 8.67. The Bertz CT molecular complexity index is 511. The fraction of sp³-hybridized carbons (Fsp3) is 0.947. The first-order chi connectivity index (χ1) is 12.5. The van der Waals surface area contributed by atoms with Gasteiger partial charge in [0.1, 0.15) is 0 Å². The molecule has 3 heterocycles. The van der Waals surface area contributed by atoms with Gasteiger partial charge in [-0.3, -0.25) is 9.69 Å². The lowest BCUT2D eigenvalue weighted by atomic mass is 9.78. The Balaban J connectivity index is 1.17. The highest BCUT2D eigenvalue weighted by molar-refractivity contribution is 5.79. The smallest absolute Gasteiger partial charge is 0.249 e. The van der Waals surface area contributed by atoms with Gasteiger partial charge in [-0.2, -0.15) is 0 Å². The monoisotopic (exact) mass is 372 g/mol. The Morgan fingerprint density at radius 2 is 1.85 bits per heavy atom. The highest BCUT2D eigenvalue weighted by atomic mass is 19.3. The van der Waals surface area contributed by atoms with E-state index in [9.17, 15) is 13.6 Å². The van der Waals surface area contributed by atoms with Gasteiger partial charge in [0.05, 0.1) is 5.60 Å². The zero-order chi connectivity index (χ0) is 18.2. The van der Waals surface area contributed by atoms with Crippen molar-refractivity contribution in [3.8, 4) is 0 Å². The van der Waals surface area contributed by atoms with Crippen molar-refractivity contribution in [1.82, 2.24) is 10.2 Å². The van der Waals surface area contributed by atoms with Crippen molar-refractivity contribution in [2.24, 2.45) is 17.8 Å². The fourth-order valence-electron chi connectivity index (χ4n) is 5.04. The standard InChI is InChI=1S/C19H30F2N2O3/c20-19(21)9-15(10-19)17(24)22-5-1-16-4-8-26-18(16)12-23(13-18)11-14-2-6-25-7-3-14/h14-16H,1-13H2,(H,22,24). The maximum atomic E-state index is 12.9. The topological polar surface area (TPSA) is 50.8 Å². The van der Waals surface area contributed by atoms with E-state index in [1.165, 1.54) is 0 Å². The van der Waals surface area contributed by atoms with Gasteiger partial charge in [0, 0.05) is 64.8 Å². The van der Waals surface area contributed by atoms with Gasteiger partial charge in [0.15, 0.2) is 0 Å². The van der Waals surface area contributed by atoms with Crippen LogP contribution in [0.1, 0.15) is 38.5 Å². The normalized spacial score (nSPS) is 31.5. The molecule has 0 bridgehead atoms. The molecule has 7 heteroatoms. The SMILES string of the molecule is O=C(NCCC1CCOC12CN(CC1CCOCC1)C2)C1CC(F)(F)C1. The molecule has 0 radical (unpaired) electrons. The van der Waals surface area contributed by atoms with Crippen molar-refractivity contribution in [1.29, 1.82) is 0 Å². The van der Waals surface area contributed by atoms with Crippen LogP contribution in [0.3, 0.4) is 0 Å². The predicted octanol–water partition coefficient (Wildman–Crippen LogP) is 2.06. The molecule has 1 aliphatic carbocycles. The van der Waals surface area contributed by atoms with E-state index in [1.807, 2.05) is 0 Å². The minimum absolute atomic E-state index is 0.0423. The van der Waals surface area contributed by atoms with E-state index in [0.29, 0.717) is 12.5 Å². The highest BCUT2D eigenvalue weighted by Crippen LogP contribution is 2.43. The van der Waals surface area contributed by atoms with Crippen molar-refractivity contribution < 1.29 is 23.0 Å². The third kappa shape index (κ3) is 3.90. The molecule has 148 valence electrons. The van der Waals surface area contributed by atoms with Crippen LogP contribution in [0.4, 0.5) is 8.78 Å². The van der Waals surface area contributed by atoms with Gasteiger partial charge in [-0.15, -0.1) is 0 Å². The summed E-state index contributed by atoms with van der Waals surface area (Å²) in [5.74, 6) is -2.15. The Kier molecular flexibility index (Phi) is 5.23. The molecule has 1 spiro atoms. The Hall–Kier alpha value is -0.790. The van der Waals surface area contributed by atoms with Crippen LogP contribution in [0.5, 0.6) is 0 Å². The number of carbonyl (C=O) groups excluding carboxylic acids is 1. The second-order valence-corrected chi connectivity index (χ2v) is 8.67. The first kappa shape index (κ1) is 18.6. The fourth-order valence-corrected chi connectivity index (χ4v) is 5.04. The molecule has 1 unspecified atom stereocenters. The molecule has 4 fully saturated rings. The molecule has 1 saturated carbocycles. The third-order valence-electron chi connectivity index (χ3n) is 6.69. The quantitative estimate of drug-likeness (QED) is 0.775. The number of nitrogens with one attached hydrogen (secondary N) is 1. The summed E-state index contributed by atoms with van der Waals surface area (Å²) in [5.41, 5.74) is -0.0423. The number of hydrogen-bond donors (Lipinski definition) is 1. The van der Waals surface area contributed by atoms with Gasteiger partial charge >= 0.3 is 0 Å². The summed E-state index contributed by atoms with van der Waals surface area (Å²) in [7, 11) is 0. The molecule has 1 N–H and O–H groups in total. The van der Waals surface area contributed by atoms with E-state index in [4.69, 9.17) is 9.47 Å². The van der Waals surface area contributed by atoms with E-state index in [-0.39, 0.29) is 24.3 Å². The van der Waals surface area contributed by atoms with E-state index in [1.54, 1.807) is 0 Å². The molecule has 0 aromatic carbocycles. The molecular formula is C19H30F2N2O3. The average molecular weight is 372 g/mol. The van der Waals surface area contributed by atoms with Crippen LogP contribution < -0.4 is 5.32 Å². The van der Waals surface area contributed by atoms with E-state index >= 15 is 0 Å². The van der Waals surface area contributed by atoms with Crippen molar-refractivity contribution in [2.45, 2.75) is 50.0 Å². The molecule has 1 atom stereocenters. The molecule has 4 aliphatic rings. The molecule has 26 heavy (non-hydrogen) atoms. The van der Waals surface area contributed by atoms with Gasteiger partial charge in [-0.1, -0.05) is 0 Å². The van der Waals surface area contributed by atoms with Gasteiger partial charge in [-0.05, 0) is 37.5 Å². The van der Waals surface area contributed by atoms with E-state index in [2.05, 4.69) is 10.2 Å². The molecule has 3 saturated heterocycles. The number of halogens is 2. The molecule has 0 aromatic rings. The maximum absolute atomic E-state index is 12.9. The van der Waals surface area contributed by atoms with Gasteiger partial charge < -0.3 is 14.8 Å². The Morgan fingerprint density at radius 3 is 2.54 bits per heavy atom. The predicted molar refractivity (Wildman–Crippen MR) is 92.1 cm³/mol. The van der Waals surface area contributed by atoms with Crippen molar-refractivity contribution >= 4 is 5.91 Å². The summed E-state index contributed by atoms with van der Waals surface area (Å²) in [4.78, 5) is 14.4. The van der Waals surface area contributed by atoms with Crippen molar-refractivity contribution in [3.63, 3.8) is 0 Å². The maximum Gasteiger partial charge on any atom is 0.249 e. The number of rotatable bonds is 6. The summed E-state index contributed by atoms with van der Waals surface area (Å²) in [6.07, 6.45) is 3.62. The first-order valence-corrected chi connectivity index (χ1v) is 10.1. The molecule has 1 amide bonds. The lowest BCUT2D eigenvalue weighted by Gasteiger charge is -2.51. The third-order valence-corrected chi connectivity index (χ3v) is 6.69. The molecule has 4 rings (SSSR count). The lowest BCUT2D eigenvalue weighted by molar-refractivity contribution is -0.151. The van der Waals surface area contributed by atoms with Gasteiger partial charge in [0.25, 0.3) is 0 Å². The number of hydrogen-bond acceptors (Lipinski definition) is 4. The number of nitrogens with zero attached hydrogens (tertiary/aromatic N) is 1. The summed E-state index contributed by atoms with van der Waals surface area (Å²) in [6.45, 7) is 6.23. The highest BCUT2D eigenvalue weighted by Gasteiger charge is 2.53. The molecule has 5 nitrogen and oxygen atoms in total. The van der Waals surface area contributed by atoms with Gasteiger partial charge in [-0.25, -0.2) is 8.78 Å². The van der Waals surface area contributed by atoms with Crippen LogP contribution in [0.25, 0.3) is 0 Å². The van der Waals surface area contributed by atoms with Crippen LogP contribution in [0.15, 0.2) is 0 Å². The van der Waals surface area contributed by atoms with Crippen LogP contribution in [-0.4, -0.2) is 68.3 Å². The number of amides is 1. The zero-order valence-electron chi connectivity index (χ0n) is 15.4. The minimum atomic E-state index is -2.63. The van der Waals surface area contributed by atoms with Crippen LogP contribution >= 0.6 is 0 Å². The number of ether oxygens (including phenoxy) is 2. The van der Waals surface area contributed by atoms with Crippen LogP contribution in [0.2, 0.25) is 0 Å². The molecular weight excluding hydrogens is 342 g/mol. The van der Waals surface area contributed by atoms with Crippen molar-refractivity contribution in [3.05, 3.63) is 0 Å². The summed E-state index contributed by atoms with van der Waals surface area (Å²) in [5, 5.41) is 2.86. The molecule has 0 aromatic heterocycles. The first-order valence-electron chi connectivity index (χ1n) is 10.1. The minimum Gasteiger partial charge on any atom is -0.381 e. The van der Waals surface area contributed by atoms with E-state index < -0.39 is 11.8 Å². The Morgan fingerprint density at radius 1 is 1.12 bits per heavy atom. The molecule has 3 aliphatic heterocycles. The summed E-state index contributed by atoms with van der Waals surface area (Å²) >= 11 is 0. The lowest BCUT2D eigenvalue weighted by Crippen LogP contribution is -2.65. The van der Waals surface area contributed by atoms with Crippen LogP contribution in [0, 0.1) is 17.8 Å². The second kappa shape index (κ2) is 7.32. The van der Waals surface area contributed by atoms with E-state index in [0.717, 1.165) is 71.1 Å². The summed E-state index contributed by atoms with van der Waals surface area (Å²) in [6, 6.07) is 0. The number of carbonyl (C=O) groups is 1. The number of likely N-dealkylation sites (tertiary alicyclic amines) is 1. The zero-order valence-corrected chi connectivity index (χ0v) is 15.4.